The minimum absolute atomic E-state index is 0.0916. The van der Waals surface area contributed by atoms with E-state index in [9.17, 15) is 19.7 Å². The second kappa shape index (κ2) is 10.3. The van der Waals surface area contributed by atoms with Crippen LogP contribution in [0.1, 0.15) is 35.7 Å². The lowest BCUT2D eigenvalue weighted by Gasteiger charge is -2.43. The average molecular weight is 481 g/mol. The molecule has 0 aliphatic carbocycles. The van der Waals surface area contributed by atoms with Gasteiger partial charge in [0.1, 0.15) is 5.75 Å². The number of hydrogen-bond acceptors (Lipinski definition) is 6. The molecule has 2 aromatic carbocycles. The van der Waals surface area contributed by atoms with Gasteiger partial charge in [0.2, 0.25) is 5.91 Å². The summed E-state index contributed by atoms with van der Waals surface area (Å²) in [5.74, 6) is -0.269. The second-order valence-electron chi connectivity index (χ2n) is 9.40. The molecule has 35 heavy (non-hydrogen) atoms. The zero-order valence-corrected chi connectivity index (χ0v) is 20.5. The summed E-state index contributed by atoms with van der Waals surface area (Å²) in [6.45, 7) is 7.16. The number of hydrogen-bond donors (Lipinski definition) is 0. The molecule has 2 aromatic rings. The van der Waals surface area contributed by atoms with Crippen LogP contribution in [0, 0.1) is 23.0 Å². The van der Waals surface area contributed by atoms with Crippen molar-refractivity contribution in [1.29, 1.82) is 0 Å². The average Bonchev–Trinajstić information content (AvgIpc) is 2.87. The maximum absolute atomic E-state index is 13.4. The topological polar surface area (TPSA) is 96.2 Å². The number of methoxy groups -OCH3 is 1. The maximum atomic E-state index is 13.4. The Morgan fingerprint density at radius 2 is 1.86 bits per heavy atom. The molecule has 4 rings (SSSR count). The minimum Gasteiger partial charge on any atom is -0.496 e. The summed E-state index contributed by atoms with van der Waals surface area (Å²) < 4.78 is 5.25. The van der Waals surface area contributed by atoms with E-state index < -0.39 is 4.92 Å². The van der Waals surface area contributed by atoms with Gasteiger partial charge in [-0.25, -0.2) is 0 Å². The summed E-state index contributed by atoms with van der Waals surface area (Å²) in [7, 11) is 1.38. The monoisotopic (exact) mass is 480 g/mol. The Labute approximate surface area is 205 Å². The van der Waals surface area contributed by atoms with Crippen molar-refractivity contribution in [1.82, 2.24) is 9.80 Å². The van der Waals surface area contributed by atoms with Gasteiger partial charge in [-0.3, -0.25) is 19.7 Å². The molecule has 0 aromatic heterocycles. The number of piperidine rings is 1. The molecular weight excluding hydrogens is 448 g/mol. The molecule has 2 saturated heterocycles. The van der Waals surface area contributed by atoms with Gasteiger partial charge in [0.05, 0.1) is 29.6 Å². The van der Waals surface area contributed by atoms with Gasteiger partial charge < -0.3 is 19.4 Å². The number of anilines is 1. The number of aryl methyl sites for hydroxylation is 1. The zero-order chi connectivity index (χ0) is 25.1. The number of amides is 2. The van der Waals surface area contributed by atoms with Crippen molar-refractivity contribution in [3.05, 3.63) is 63.7 Å². The van der Waals surface area contributed by atoms with E-state index in [1.54, 1.807) is 4.90 Å². The SMILES string of the molecule is COc1cc([N+](=O)[O-])ccc1C(=O)N1CCC[C@@H](C(=O)N2CCN(c3cccc(C)c3)C(C)C2)C1. The van der Waals surface area contributed by atoms with Crippen molar-refractivity contribution in [3.63, 3.8) is 0 Å². The highest BCUT2D eigenvalue weighted by Crippen LogP contribution is 2.29. The number of likely N-dealkylation sites (tertiary alicyclic amines) is 1. The van der Waals surface area contributed by atoms with E-state index in [0.29, 0.717) is 26.2 Å². The predicted molar refractivity (Wildman–Crippen MR) is 133 cm³/mol. The highest BCUT2D eigenvalue weighted by atomic mass is 16.6. The van der Waals surface area contributed by atoms with E-state index >= 15 is 0 Å². The smallest absolute Gasteiger partial charge is 0.273 e. The molecule has 0 spiro atoms. The van der Waals surface area contributed by atoms with E-state index in [0.717, 1.165) is 19.4 Å². The standard InChI is InChI=1S/C26H32N4O5/c1-18-6-4-8-21(14-18)29-13-12-28(16-19(29)2)25(31)20-7-5-11-27(17-20)26(32)23-10-9-22(30(33)34)15-24(23)35-3/h4,6,8-10,14-15,19-20H,5,7,11-13,16-17H2,1-3H3/t19?,20-/m1/s1. The molecular formula is C26H32N4O5. The minimum atomic E-state index is -0.522. The van der Waals surface area contributed by atoms with Crippen LogP contribution < -0.4 is 9.64 Å². The van der Waals surface area contributed by atoms with Crippen LogP contribution in [0.2, 0.25) is 0 Å². The fraction of sp³-hybridized carbons (Fsp3) is 0.462. The van der Waals surface area contributed by atoms with Crippen LogP contribution in [0.5, 0.6) is 5.75 Å². The third kappa shape index (κ3) is 5.23. The summed E-state index contributed by atoms with van der Waals surface area (Å²) in [6, 6.07) is 12.6. The van der Waals surface area contributed by atoms with Crippen LogP contribution in [-0.4, -0.2) is 72.4 Å². The number of non-ortho nitro benzene ring substituents is 1. The summed E-state index contributed by atoms with van der Waals surface area (Å²) in [4.78, 5) is 43.1. The molecule has 0 saturated carbocycles. The Morgan fingerprint density at radius 1 is 1.06 bits per heavy atom. The third-order valence-electron chi connectivity index (χ3n) is 6.96. The third-order valence-corrected chi connectivity index (χ3v) is 6.96. The fourth-order valence-corrected chi connectivity index (χ4v) is 5.11. The summed E-state index contributed by atoms with van der Waals surface area (Å²) in [6.07, 6.45) is 1.47. The molecule has 2 heterocycles. The van der Waals surface area contributed by atoms with Crippen LogP contribution in [0.3, 0.4) is 0 Å². The highest BCUT2D eigenvalue weighted by Gasteiger charge is 2.35. The van der Waals surface area contributed by atoms with Crippen LogP contribution in [0.4, 0.5) is 11.4 Å². The van der Waals surface area contributed by atoms with Gasteiger partial charge >= 0.3 is 0 Å². The lowest BCUT2D eigenvalue weighted by atomic mass is 9.95. The molecule has 1 unspecified atom stereocenters. The predicted octanol–water partition coefficient (Wildman–Crippen LogP) is 3.50. The van der Waals surface area contributed by atoms with Crippen LogP contribution in [-0.2, 0) is 4.79 Å². The molecule has 2 amide bonds. The van der Waals surface area contributed by atoms with Crippen molar-refractivity contribution in [2.45, 2.75) is 32.7 Å². The van der Waals surface area contributed by atoms with E-state index in [-0.39, 0.29) is 40.8 Å². The van der Waals surface area contributed by atoms with Gasteiger partial charge in [-0.05, 0) is 50.5 Å². The Hall–Kier alpha value is -3.62. The number of carbonyl (C=O) groups excluding carboxylic acids is 2. The first-order chi connectivity index (χ1) is 16.8. The molecule has 2 fully saturated rings. The first-order valence-electron chi connectivity index (χ1n) is 12.0. The molecule has 0 radical (unpaired) electrons. The summed E-state index contributed by atoms with van der Waals surface area (Å²) >= 11 is 0. The molecule has 186 valence electrons. The quantitative estimate of drug-likeness (QED) is 0.480. The number of nitro groups is 1. The van der Waals surface area contributed by atoms with E-state index in [1.165, 1.54) is 36.6 Å². The van der Waals surface area contributed by atoms with E-state index in [2.05, 4.69) is 43.0 Å². The largest absolute Gasteiger partial charge is 0.496 e. The number of nitrogens with zero attached hydrogens (tertiary/aromatic N) is 4. The molecule has 9 nitrogen and oxygen atoms in total. The van der Waals surface area contributed by atoms with Gasteiger partial charge in [0.15, 0.2) is 0 Å². The number of ether oxygens (including phenoxy) is 1. The van der Waals surface area contributed by atoms with Crippen LogP contribution >= 0.6 is 0 Å². The first kappa shape index (κ1) is 24.5. The normalized spacial score (nSPS) is 20.5. The van der Waals surface area contributed by atoms with Gasteiger partial charge in [-0.1, -0.05) is 12.1 Å². The maximum Gasteiger partial charge on any atom is 0.273 e. The molecule has 0 N–H and O–H groups in total. The highest BCUT2D eigenvalue weighted by molar-refractivity contribution is 5.97. The number of benzene rings is 2. The number of rotatable bonds is 5. The van der Waals surface area contributed by atoms with Gasteiger partial charge in [-0.2, -0.15) is 0 Å². The van der Waals surface area contributed by atoms with Crippen LogP contribution in [0.25, 0.3) is 0 Å². The Bertz CT molecular complexity index is 1120. The van der Waals surface area contributed by atoms with Crippen molar-refractivity contribution in [3.8, 4) is 5.75 Å². The van der Waals surface area contributed by atoms with Gasteiger partial charge in [0, 0.05) is 50.5 Å². The fourth-order valence-electron chi connectivity index (χ4n) is 5.11. The molecule has 2 atom stereocenters. The Morgan fingerprint density at radius 3 is 2.54 bits per heavy atom. The molecule has 9 heteroatoms. The van der Waals surface area contributed by atoms with Crippen molar-refractivity contribution in [2.75, 3.05) is 44.7 Å². The lowest BCUT2D eigenvalue weighted by Crippen LogP contribution is -2.56. The number of piperazine rings is 1. The van der Waals surface area contributed by atoms with E-state index in [1.807, 2.05) is 4.90 Å². The molecule has 2 aliphatic heterocycles. The lowest BCUT2D eigenvalue weighted by molar-refractivity contribution is -0.384. The number of nitro benzene ring substituents is 1. The number of carbonyl (C=O) groups is 2. The second-order valence-corrected chi connectivity index (χ2v) is 9.40. The van der Waals surface area contributed by atoms with Gasteiger partial charge in [-0.15, -0.1) is 0 Å². The Kier molecular flexibility index (Phi) is 7.23. The molecule has 0 bridgehead atoms. The van der Waals surface area contributed by atoms with Gasteiger partial charge in [0.25, 0.3) is 11.6 Å². The van der Waals surface area contributed by atoms with Crippen LogP contribution in [0.15, 0.2) is 42.5 Å². The Balaban J connectivity index is 1.41. The summed E-state index contributed by atoms with van der Waals surface area (Å²) in [5.41, 5.74) is 2.52. The van der Waals surface area contributed by atoms with E-state index in [4.69, 9.17) is 4.74 Å². The van der Waals surface area contributed by atoms with Crippen molar-refractivity contribution < 1.29 is 19.2 Å². The molecule has 2 aliphatic rings. The van der Waals surface area contributed by atoms with Crippen molar-refractivity contribution >= 4 is 23.2 Å². The first-order valence-corrected chi connectivity index (χ1v) is 12.0. The summed E-state index contributed by atoms with van der Waals surface area (Å²) in [5, 5.41) is 11.1. The zero-order valence-electron chi connectivity index (χ0n) is 20.5. The van der Waals surface area contributed by atoms with Crippen molar-refractivity contribution in [2.24, 2.45) is 5.92 Å².